The van der Waals surface area contributed by atoms with E-state index in [2.05, 4.69) is 29.6 Å². The summed E-state index contributed by atoms with van der Waals surface area (Å²) >= 11 is 0. The van der Waals surface area contributed by atoms with E-state index in [4.69, 9.17) is 0 Å². The quantitative estimate of drug-likeness (QED) is 0.735. The highest BCUT2D eigenvalue weighted by Crippen LogP contribution is 2.30. The molecule has 2 N–H and O–H groups in total. The van der Waals surface area contributed by atoms with Gasteiger partial charge in [-0.15, -0.1) is 24.8 Å². The summed E-state index contributed by atoms with van der Waals surface area (Å²) in [5.41, 5.74) is 0.172. The average Bonchev–Trinajstić information content (AvgIpc) is 2.60. The molecule has 1 saturated carbocycles. The normalized spacial score (nSPS) is 17.6. The molecule has 1 aliphatic rings. The molecule has 122 valence electrons. The number of amides is 1. The molecular formula is C14H31Cl2N3O. The highest BCUT2D eigenvalue weighted by molar-refractivity contribution is 5.85. The fraction of sp³-hybridized carbons (Fsp3) is 0.929. The van der Waals surface area contributed by atoms with Crippen LogP contribution in [-0.2, 0) is 4.79 Å². The molecule has 0 spiro atoms. The first-order valence-electron chi connectivity index (χ1n) is 7.19. The van der Waals surface area contributed by atoms with E-state index in [0.29, 0.717) is 6.42 Å². The van der Waals surface area contributed by atoms with Gasteiger partial charge in [-0.1, -0.05) is 25.7 Å². The van der Waals surface area contributed by atoms with Crippen LogP contribution in [0.25, 0.3) is 0 Å². The van der Waals surface area contributed by atoms with E-state index in [1.54, 1.807) is 0 Å². The Hall–Kier alpha value is -0.0300. The standard InChI is InChI=1S/C14H29N3O.2ClH/c1-15-11-8-13(18)16-12-14(17(2)3)9-6-4-5-7-10-14;;/h15H,4-12H2,1-3H3,(H,16,18);2*1H. The number of nitrogens with zero attached hydrogens (tertiary/aromatic N) is 1. The van der Waals surface area contributed by atoms with Gasteiger partial charge in [0.05, 0.1) is 0 Å². The zero-order valence-electron chi connectivity index (χ0n) is 13.0. The van der Waals surface area contributed by atoms with Gasteiger partial charge in [0.15, 0.2) is 0 Å². The third kappa shape index (κ3) is 7.11. The van der Waals surface area contributed by atoms with Crippen molar-refractivity contribution < 1.29 is 4.79 Å². The fourth-order valence-electron chi connectivity index (χ4n) is 2.76. The van der Waals surface area contributed by atoms with Crippen molar-refractivity contribution in [2.45, 2.75) is 50.5 Å². The Morgan fingerprint density at radius 3 is 2.10 bits per heavy atom. The van der Waals surface area contributed by atoms with E-state index in [1.807, 2.05) is 7.05 Å². The molecule has 0 aromatic rings. The number of carbonyl (C=O) groups excluding carboxylic acids is 1. The molecule has 0 aromatic carbocycles. The topological polar surface area (TPSA) is 44.4 Å². The molecule has 0 bridgehead atoms. The summed E-state index contributed by atoms with van der Waals surface area (Å²) < 4.78 is 0. The Kier molecular flexibility index (Phi) is 12.9. The first-order valence-corrected chi connectivity index (χ1v) is 7.19. The van der Waals surface area contributed by atoms with Crippen LogP contribution >= 0.6 is 24.8 Å². The van der Waals surface area contributed by atoms with Crippen LogP contribution in [0.1, 0.15) is 44.9 Å². The van der Waals surface area contributed by atoms with Crippen molar-refractivity contribution in [2.24, 2.45) is 0 Å². The van der Waals surface area contributed by atoms with Gasteiger partial charge >= 0.3 is 0 Å². The van der Waals surface area contributed by atoms with E-state index in [-0.39, 0.29) is 36.3 Å². The first-order chi connectivity index (χ1) is 8.60. The molecule has 0 saturated heterocycles. The van der Waals surface area contributed by atoms with Crippen molar-refractivity contribution in [3.8, 4) is 0 Å². The molecule has 0 heterocycles. The molecule has 1 rings (SSSR count). The van der Waals surface area contributed by atoms with Gasteiger partial charge in [0.2, 0.25) is 5.91 Å². The second-order valence-electron chi connectivity index (χ2n) is 5.66. The van der Waals surface area contributed by atoms with Crippen molar-refractivity contribution in [2.75, 3.05) is 34.2 Å². The lowest BCUT2D eigenvalue weighted by Crippen LogP contribution is -2.52. The highest BCUT2D eigenvalue weighted by Gasteiger charge is 2.33. The summed E-state index contributed by atoms with van der Waals surface area (Å²) in [7, 11) is 6.16. The van der Waals surface area contributed by atoms with Crippen LogP contribution in [0.3, 0.4) is 0 Å². The van der Waals surface area contributed by atoms with Gasteiger partial charge in [0.25, 0.3) is 0 Å². The lowest BCUT2D eigenvalue weighted by atomic mass is 9.88. The van der Waals surface area contributed by atoms with Crippen LogP contribution in [0.2, 0.25) is 0 Å². The number of rotatable bonds is 6. The van der Waals surface area contributed by atoms with Gasteiger partial charge in [0.1, 0.15) is 0 Å². The number of nitrogens with one attached hydrogen (secondary N) is 2. The number of hydrogen-bond donors (Lipinski definition) is 2. The van der Waals surface area contributed by atoms with Crippen LogP contribution in [0.5, 0.6) is 0 Å². The Labute approximate surface area is 136 Å². The van der Waals surface area contributed by atoms with Crippen molar-refractivity contribution in [3.05, 3.63) is 0 Å². The van der Waals surface area contributed by atoms with Gasteiger partial charge in [-0.05, 0) is 34.0 Å². The molecule has 6 heteroatoms. The summed E-state index contributed by atoms with van der Waals surface area (Å²) in [5, 5.41) is 6.12. The SMILES string of the molecule is CNCCC(=O)NCC1(N(C)C)CCCCCC1.Cl.Cl. The molecule has 0 aliphatic heterocycles. The molecule has 1 fully saturated rings. The number of halogens is 2. The summed E-state index contributed by atoms with van der Waals surface area (Å²) in [6.07, 6.45) is 8.21. The maximum Gasteiger partial charge on any atom is 0.221 e. The van der Waals surface area contributed by atoms with Crippen LogP contribution in [0, 0.1) is 0 Å². The molecule has 1 aliphatic carbocycles. The molecule has 1 amide bonds. The summed E-state index contributed by atoms with van der Waals surface area (Å²) in [6.45, 7) is 1.54. The van der Waals surface area contributed by atoms with Crippen LogP contribution < -0.4 is 10.6 Å². The highest BCUT2D eigenvalue weighted by atomic mass is 35.5. The fourth-order valence-corrected chi connectivity index (χ4v) is 2.76. The minimum Gasteiger partial charge on any atom is -0.354 e. The Morgan fingerprint density at radius 2 is 1.65 bits per heavy atom. The van der Waals surface area contributed by atoms with Crippen molar-refractivity contribution >= 4 is 30.7 Å². The number of likely N-dealkylation sites (N-methyl/N-ethyl adjacent to an activating group) is 1. The molecule has 0 radical (unpaired) electrons. The lowest BCUT2D eigenvalue weighted by molar-refractivity contribution is -0.121. The maximum atomic E-state index is 11.7. The van der Waals surface area contributed by atoms with Crippen LogP contribution in [0.4, 0.5) is 0 Å². The number of carbonyl (C=O) groups is 1. The lowest BCUT2D eigenvalue weighted by Gasteiger charge is -2.39. The predicted octanol–water partition coefficient (Wildman–Crippen LogP) is 2.21. The van der Waals surface area contributed by atoms with Gasteiger partial charge in [-0.2, -0.15) is 0 Å². The third-order valence-electron chi connectivity index (χ3n) is 4.20. The summed E-state index contributed by atoms with van der Waals surface area (Å²) in [4.78, 5) is 14.0. The Morgan fingerprint density at radius 1 is 1.10 bits per heavy atom. The van der Waals surface area contributed by atoms with Gasteiger partial charge in [-0.3, -0.25) is 4.79 Å². The van der Waals surface area contributed by atoms with Gasteiger partial charge in [0, 0.05) is 25.0 Å². The molecule has 0 aromatic heterocycles. The van der Waals surface area contributed by atoms with Crippen molar-refractivity contribution in [1.29, 1.82) is 0 Å². The zero-order valence-corrected chi connectivity index (χ0v) is 14.7. The average molecular weight is 328 g/mol. The van der Waals surface area contributed by atoms with Crippen molar-refractivity contribution in [3.63, 3.8) is 0 Å². The van der Waals surface area contributed by atoms with E-state index >= 15 is 0 Å². The molecule has 0 atom stereocenters. The number of hydrogen-bond acceptors (Lipinski definition) is 3. The maximum absolute atomic E-state index is 11.7. The first kappa shape index (κ1) is 22.3. The second-order valence-corrected chi connectivity index (χ2v) is 5.66. The van der Waals surface area contributed by atoms with Crippen LogP contribution in [-0.4, -0.2) is 50.6 Å². The minimum atomic E-state index is 0. The summed E-state index contributed by atoms with van der Waals surface area (Å²) in [6, 6.07) is 0. The molecule has 4 nitrogen and oxygen atoms in total. The Balaban J connectivity index is 0. The second kappa shape index (κ2) is 11.6. The van der Waals surface area contributed by atoms with Gasteiger partial charge < -0.3 is 15.5 Å². The molecule has 0 unspecified atom stereocenters. The predicted molar refractivity (Wildman–Crippen MR) is 90.2 cm³/mol. The van der Waals surface area contributed by atoms with Crippen molar-refractivity contribution in [1.82, 2.24) is 15.5 Å². The smallest absolute Gasteiger partial charge is 0.221 e. The summed E-state index contributed by atoms with van der Waals surface area (Å²) in [5.74, 6) is 0.162. The van der Waals surface area contributed by atoms with E-state index in [1.165, 1.54) is 38.5 Å². The van der Waals surface area contributed by atoms with E-state index in [0.717, 1.165) is 13.1 Å². The molecule has 20 heavy (non-hydrogen) atoms. The Bertz CT molecular complexity index is 255. The zero-order chi connectivity index (χ0) is 13.4. The monoisotopic (exact) mass is 327 g/mol. The largest absolute Gasteiger partial charge is 0.354 e. The molecular weight excluding hydrogens is 297 g/mol. The van der Waals surface area contributed by atoms with Gasteiger partial charge in [-0.25, -0.2) is 0 Å². The van der Waals surface area contributed by atoms with E-state index < -0.39 is 0 Å². The minimum absolute atomic E-state index is 0. The third-order valence-corrected chi connectivity index (χ3v) is 4.20. The van der Waals surface area contributed by atoms with E-state index in [9.17, 15) is 4.79 Å². The van der Waals surface area contributed by atoms with Crippen LogP contribution in [0.15, 0.2) is 0 Å².